The Morgan fingerprint density at radius 3 is 2.62 bits per heavy atom. The molecular weight excluding hydrogens is 367 g/mol. The predicted octanol–water partition coefficient (Wildman–Crippen LogP) is 4.58. The van der Waals surface area contributed by atoms with Gasteiger partial charge in [0.2, 0.25) is 0 Å². The summed E-state index contributed by atoms with van der Waals surface area (Å²) in [5.41, 5.74) is 1.89. The maximum atomic E-state index is 12.2. The Balaban J connectivity index is 1.92. The van der Waals surface area contributed by atoms with Crippen molar-refractivity contribution in [3.8, 4) is 5.75 Å². The molecule has 7 heteroatoms. The smallest absolute Gasteiger partial charge is 0.266 e. The van der Waals surface area contributed by atoms with Crippen molar-refractivity contribution in [1.29, 1.82) is 0 Å². The number of halogens is 2. The number of carbonyl (C=O) groups excluding carboxylic acids is 1. The van der Waals surface area contributed by atoms with Crippen molar-refractivity contribution >= 4 is 52.1 Å². The van der Waals surface area contributed by atoms with Crippen LogP contribution in [0.1, 0.15) is 12.5 Å². The number of aryl methyl sites for hydroxylation is 1. The summed E-state index contributed by atoms with van der Waals surface area (Å²) in [5.74, 6) is -0.00699. The SMILES string of the molecule is Cc1cccc(NC(=S)NC(=O)C(C)Oc2ccc(Cl)cc2Cl)c1. The Kier molecular flexibility index (Phi) is 6.43. The van der Waals surface area contributed by atoms with Crippen LogP contribution in [0.2, 0.25) is 10.0 Å². The van der Waals surface area contributed by atoms with E-state index in [0.29, 0.717) is 15.8 Å². The molecule has 2 N–H and O–H groups in total. The van der Waals surface area contributed by atoms with E-state index in [4.69, 9.17) is 40.2 Å². The molecule has 4 nitrogen and oxygen atoms in total. The van der Waals surface area contributed by atoms with Crippen molar-refractivity contribution < 1.29 is 9.53 Å². The van der Waals surface area contributed by atoms with Crippen molar-refractivity contribution in [1.82, 2.24) is 5.32 Å². The van der Waals surface area contributed by atoms with Crippen molar-refractivity contribution in [2.24, 2.45) is 0 Å². The average Bonchev–Trinajstić information content (AvgIpc) is 2.49. The fourth-order valence-corrected chi connectivity index (χ4v) is 2.58. The van der Waals surface area contributed by atoms with E-state index in [2.05, 4.69) is 10.6 Å². The first kappa shape index (κ1) is 18.5. The molecule has 0 aliphatic carbocycles. The highest BCUT2D eigenvalue weighted by Gasteiger charge is 2.17. The highest BCUT2D eigenvalue weighted by atomic mass is 35.5. The van der Waals surface area contributed by atoms with E-state index in [9.17, 15) is 4.79 Å². The number of amides is 1. The molecule has 1 amide bonds. The van der Waals surface area contributed by atoms with Crippen LogP contribution >= 0.6 is 35.4 Å². The van der Waals surface area contributed by atoms with E-state index < -0.39 is 6.10 Å². The molecule has 2 rings (SSSR count). The number of hydrogen-bond acceptors (Lipinski definition) is 3. The third-order valence-corrected chi connectivity index (χ3v) is 3.81. The first-order chi connectivity index (χ1) is 11.3. The van der Waals surface area contributed by atoms with Crippen molar-refractivity contribution in [3.63, 3.8) is 0 Å². The van der Waals surface area contributed by atoms with E-state index in [1.54, 1.807) is 25.1 Å². The Morgan fingerprint density at radius 2 is 1.96 bits per heavy atom. The van der Waals surface area contributed by atoms with E-state index >= 15 is 0 Å². The molecule has 1 atom stereocenters. The molecule has 2 aromatic rings. The van der Waals surface area contributed by atoms with Crippen LogP contribution < -0.4 is 15.4 Å². The van der Waals surface area contributed by atoms with Gasteiger partial charge in [0, 0.05) is 10.7 Å². The second-order valence-electron chi connectivity index (χ2n) is 5.15. The number of thiocarbonyl (C=S) groups is 1. The Labute approximate surface area is 156 Å². The van der Waals surface area contributed by atoms with Crippen molar-refractivity contribution in [3.05, 3.63) is 58.1 Å². The molecule has 2 aromatic carbocycles. The van der Waals surface area contributed by atoms with Gasteiger partial charge < -0.3 is 10.1 Å². The summed E-state index contributed by atoms with van der Waals surface area (Å²) >= 11 is 17.0. The Bertz CT molecular complexity index is 768. The number of anilines is 1. The second-order valence-corrected chi connectivity index (χ2v) is 6.40. The Morgan fingerprint density at radius 1 is 1.21 bits per heavy atom. The van der Waals surface area contributed by atoms with Crippen LogP contribution in [0.15, 0.2) is 42.5 Å². The number of ether oxygens (including phenoxy) is 1. The summed E-state index contributed by atoms with van der Waals surface area (Å²) in [7, 11) is 0. The lowest BCUT2D eigenvalue weighted by atomic mass is 10.2. The molecule has 0 aromatic heterocycles. The third-order valence-electron chi connectivity index (χ3n) is 3.08. The summed E-state index contributed by atoms with van der Waals surface area (Å²) in [5, 5.41) is 6.56. The van der Waals surface area contributed by atoms with Gasteiger partial charge in [-0.2, -0.15) is 0 Å². The zero-order chi connectivity index (χ0) is 17.7. The molecule has 0 saturated carbocycles. The number of rotatable bonds is 4. The molecule has 0 fully saturated rings. The van der Waals surface area contributed by atoms with Gasteiger partial charge >= 0.3 is 0 Å². The van der Waals surface area contributed by atoms with Crippen LogP contribution in [0.5, 0.6) is 5.75 Å². The molecule has 0 radical (unpaired) electrons. The summed E-state index contributed by atoms with van der Waals surface area (Å²) in [4.78, 5) is 12.2. The van der Waals surface area contributed by atoms with Gasteiger partial charge in [-0.1, -0.05) is 35.3 Å². The number of hydrogen-bond donors (Lipinski definition) is 2. The normalized spacial score (nSPS) is 11.5. The summed E-state index contributed by atoms with van der Waals surface area (Å²) in [6, 6.07) is 12.4. The summed E-state index contributed by atoms with van der Waals surface area (Å²) in [6.45, 7) is 3.58. The first-order valence-electron chi connectivity index (χ1n) is 7.15. The number of carbonyl (C=O) groups is 1. The van der Waals surface area contributed by atoms with Gasteiger partial charge in [0.25, 0.3) is 5.91 Å². The van der Waals surface area contributed by atoms with Crippen molar-refractivity contribution in [2.45, 2.75) is 20.0 Å². The van der Waals surface area contributed by atoms with E-state index in [1.165, 1.54) is 0 Å². The number of benzene rings is 2. The molecule has 0 aliphatic rings. The van der Waals surface area contributed by atoms with Gasteiger partial charge in [-0.15, -0.1) is 0 Å². The third kappa shape index (κ3) is 5.37. The van der Waals surface area contributed by atoms with Gasteiger partial charge in [-0.25, -0.2) is 0 Å². The van der Waals surface area contributed by atoms with E-state index in [0.717, 1.165) is 11.3 Å². The van der Waals surface area contributed by atoms with E-state index in [-0.39, 0.29) is 11.0 Å². The fraction of sp³-hybridized carbons (Fsp3) is 0.176. The lowest BCUT2D eigenvalue weighted by Gasteiger charge is -2.16. The monoisotopic (exact) mass is 382 g/mol. The van der Waals surface area contributed by atoms with Crippen LogP contribution in [-0.2, 0) is 4.79 Å². The molecule has 0 aliphatic heterocycles. The molecule has 0 bridgehead atoms. The predicted molar refractivity (Wildman–Crippen MR) is 102 cm³/mol. The summed E-state index contributed by atoms with van der Waals surface area (Å²) in [6.07, 6.45) is -0.777. The highest BCUT2D eigenvalue weighted by molar-refractivity contribution is 7.80. The lowest BCUT2D eigenvalue weighted by molar-refractivity contribution is -0.125. The second kappa shape index (κ2) is 8.33. The van der Waals surface area contributed by atoms with Crippen LogP contribution in [0.25, 0.3) is 0 Å². The summed E-state index contributed by atoms with van der Waals surface area (Å²) < 4.78 is 5.54. The molecule has 1 unspecified atom stereocenters. The molecule has 126 valence electrons. The van der Waals surface area contributed by atoms with Gasteiger partial charge in [0.05, 0.1) is 5.02 Å². The van der Waals surface area contributed by atoms with Crippen LogP contribution in [0.3, 0.4) is 0 Å². The minimum atomic E-state index is -0.777. The van der Waals surface area contributed by atoms with E-state index in [1.807, 2.05) is 31.2 Å². The maximum absolute atomic E-state index is 12.2. The van der Waals surface area contributed by atoms with Gasteiger partial charge in [0.1, 0.15) is 5.75 Å². The van der Waals surface area contributed by atoms with Crippen molar-refractivity contribution in [2.75, 3.05) is 5.32 Å². The van der Waals surface area contributed by atoms with Crippen LogP contribution in [0.4, 0.5) is 5.69 Å². The average molecular weight is 383 g/mol. The quantitative estimate of drug-likeness (QED) is 0.759. The van der Waals surface area contributed by atoms with Crippen LogP contribution in [0, 0.1) is 6.92 Å². The zero-order valence-electron chi connectivity index (χ0n) is 13.1. The Hall–Kier alpha value is -1.82. The van der Waals surface area contributed by atoms with Gasteiger partial charge in [-0.05, 0) is 62.0 Å². The van der Waals surface area contributed by atoms with Crippen LogP contribution in [-0.4, -0.2) is 17.1 Å². The maximum Gasteiger partial charge on any atom is 0.266 e. The lowest BCUT2D eigenvalue weighted by Crippen LogP contribution is -2.42. The molecule has 24 heavy (non-hydrogen) atoms. The zero-order valence-corrected chi connectivity index (χ0v) is 15.4. The molecule has 0 spiro atoms. The molecular formula is C17H16Cl2N2O2S. The largest absolute Gasteiger partial charge is 0.479 e. The minimum Gasteiger partial charge on any atom is -0.479 e. The molecule has 0 heterocycles. The minimum absolute atomic E-state index is 0.197. The molecule has 0 saturated heterocycles. The van der Waals surface area contributed by atoms with Gasteiger partial charge in [-0.3, -0.25) is 10.1 Å². The highest BCUT2D eigenvalue weighted by Crippen LogP contribution is 2.28. The number of nitrogens with one attached hydrogen (secondary N) is 2. The standard InChI is InChI=1S/C17H16Cl2N2O2S/c1-10-4-3-5-13(8-10)20-17(24)21-16(22)11(2)23-15-7-6-12(18)9-14(15)19/h3-9,11H,1-2H3,(H2,20,21,22,24). The topological polar surface area (TPSA) is 50.4 Å². The van der Waals surface area contributed by atoms with Gasteiger partial charge in [0.15, 0.2) is 11.2 Å². The first-order valence-corrected chi connectivity index (χ1v) is 8.32. The fourth-order valence-electron chi connectivity index (χ4n) is 1.91.